The van der Waals surface area contributed by atoms with Crippen LogP contribution in [0.3, 0.4) is 0 Å². The van der Waals surface area contributed by atoms with Gasteiger partial charge in [0.15, 0.2) is 0 Å². The molecule has 0 aliphatic carbocycles. The van der Waals surface area contributed by atoms with Gasteiger partial charge >= 0.3 is 6.36 Å². The molecule has 0 aliphatic rings. The molecule has 5 nitrogen and oxygen atoms in total. The Bertz CT molecular complexity index is 842. The molecule has 0 atom stereocenters. The van der Waals surface area contributed by atoms with Crippen LogP contribution in [0.5, 0.6) is 5.75 Å². The Balaban J connectivity index is 1.74. The molecule has 0 radical (unpaired) electrons. The zero-order valence-corrected chi connectivity index (χ0v) is 16.8. The number of carbonyl (C=O) groups is 2. The summed E-state index contributed by atoms with van der Waals surface area (Å²) in [6.07, 6.45) is -4.74. The molecule has 0 saturated carbocycles. The maximum atomic E-state index is 12.2. The molecule has 1 N–H and O–H groups in total. The summed E-state index contributed by atoms with van der Waals surface area (Å²) in [6, 6.07) is 12.7. The van der Waals surface area contributed by atoms with E-state index in [4.69, 9.17) is 0 Å². The van der Waals surface area contributed by atoms with Crippen molar-refractivity contribution in [3.05, 3.63) is 59.7 Å². The van der Waals surface area contributed by atoms with Gasteiger partial charge in [-0.2, -0.15) is 0 Å². The highest BCUT2D eigenvalue weighted by atomic mass is 32.2. The molecule has 0 bridgehead atoms. The maximum Gasteiger partial charge on any atom is 0.573 e. The van der Waals surface area contributed by atoms with Crippen molar-refractivity contribution in [3.63, 3.8) is 0 Å². The highest BCUT2D eigenvalue weighted by Gasteiger charge is 2.30. The topological polar surface area (TPSA) is 58.6 Å². The minimum absolute atomic E-state index is 0.118. The van der Waals surface area contributed by atoms with Crippen LogP contribution in [-0.4, -0.2) is 41.6 Å². The van der Waals surface area contributed by atoms with Crippen LogP contribution in [-0.2, 0) is 16.1 Å². The quantitative estimate of drug-likeness (QED) is 0.687. The van der Waals surface area contributed by atoms with Crippen LogP contribution in [0, 0.1) is 6.92 Å². The van der Waals surface area contributed by atoms with Crippen molar-refractivity contribution >= 4 is 29.3 Å². The van der Waals surface area contributed by atoms with E-state index in [1.807, 2.05) is 25.1 Å². The van der Waals surface area contributed by atoms with E-state index in [1.165, 1.54) is 40.9 Å². The first-order chi connectivity index (χ1) is 13.6. The van der Waals surface area contributed by atoms with Crippen LogP contribution in [0.4, 0.5) is 18.9 Å². The molecule has 0 fully saturated rings. The summed E-state index contributed by atoms with van der Waals surface area (Å²) >= 11 is 1.19. The lowest BCUT2D eigenvalue weighted by Crippen LogP contribution is -2.28. The van der Waals surface area contributed by atoms with Crippen molar-refractivity contribution in [2.24, 2.45) is 0 Å². The monoisotopic (exact) mass is 426 g/mol. The first-order valence-corrected chi connectivity index (χ1v) is 9.81. The Hall–Kier alpha value is -2.68. The summed E-state index contributed by atoms with van der Waals surface area (Å²) < 4.78 is 40.3. The number of alkyl halides is 3. The molecule has 2 aromatic rings. The van der Waals surface area contributed by atoms with E-state index < -0.39 is 6.36 Å². The number of thioether (sulfide) groups is 1. The van der Waals surface area contributed by atoms with Gasteiger partial charge in [0.05, 0.1) is 11.5 Å². The summed E-state index contributed by atoms with van der Waals surface area (Å²) in [6.45, 7) is 2.16. The van der Waals surface area contributed by atoms with Crippen LogP contribution in [0.2, 0.25) is 0 Å². The summed E-state index contributed by atoms with van der Waals surface area (Å²) in [4.78, 5) is 25.6. The molecule has 0 unspecified atom stereocenters. The summed E-state index contributed by atoms with van der Waals surface area (Å²) in [5, 5.41) is 2.77. The number of amides is 2. The number of nitrogens with zero attached hydrogens (tertiary/aromatic N) is 1. The van der Waals surface area contributed by atoms with E-state index in [0.29, 0.717) is 11.3 Å². The smallest absolute Gasteiger partial charge is 0.406 e. The minimum Gasteiger partial charge on any atom is -0.406 e. The van der Waals surface area contributed by atoms with Gasteiger partial charge in [0.1, 0.15) is 5.75 Å². The lowest BCUT2D eigenvalue weighted by molar-refractivity contribution is -0.274. The second kappa shape index (κ2) is 10.2. The van der Waals surface area contributed by atoms with Gasteiger partial charge in [0.25, 0.3) is 0 Å². The fourth-order valence-corrected chi connectivity index (χ4v) is 3.17. The van der Waals surface area contributed by atoms with Crippen molar-refractivity contribution in [3.8, 4) is 5.75 Å². The molecular weight excluding hydrogens is 405 g/mol. The Morgan fingerprint density at radius 2 is 1.79 bits per heavy atom. The average Bonchev–Trinajstić information content (AvgIpc) is 2.62. The molecule has 0 aromatic heterocycles. The SMILES string of the molecule is Cc1cccc(NC(=O)CSCC(=O)N(C)Cc2ccc(OC(F)(F)F)cc2)c1. The predicted molar refractivity (Wildman–Crippen MR) is 107 cm³/mol. The number of ether oxygens (including phenoxy) is 1. The van der Waals surface area contributed by atoms with Crippen molar-refractivity contribution in [1.82, 2.24) is 4.90 Å². The molecule has 9 heteroatoms. The second-order valence-electron chi connectivity index (χ2n) is 6.35. The molecule has 2 aromatic carbocycles. The van der Waals surface area contributed by atoms with Crippen molar-refractivity contribution < 1.29 is 27.5 Å². The molecule has 0 spiro atoms. The largest absolute Gasteiger partial charge is 0.573 e. The Kier molecular flexibility index (Phi) is 7.95. The van der Waals surface area contributed by atoms with Crippen LogP contribution in [0.1, 0.15) is 11.1 Å². The van der Waals surface area contributed by atoms with Gasteiger partial charge < -0.3 is 15.0 Å². The number of nitrogens with one attached hydrogen (secondary N) is 1. The van der Waals surface area contributed by atoms with E-state index in [-0.39, 0.29) is 35.6 Å². The van der Waals surface area contributed by atoms with Gasteiger partial charge in [0.2, 0.25) is 11.8 Å². The summed E-state index contributed by atoms with van der Waals surface area (Å²) in [5.74, 6) is -0.444. The molecule has 0 aliphatic heterocycles. The van der Waals surface area contributed by atoms with Crippen LogP contribution < -0.4 is 10.1 Å². The van der Waals surface area contributed by atoms with Crippen molar-refractivity contribution in [1.29, 1.82) is 0 Å². The fourth-order valence-electron chi connectivity index (χ4n) is 2.42. The van der Waals surface area contributed by atoms with Gasteiger partial charge in [-0.05, 0) is 42.3 Å². The minimum atomic E-state index is -4.74. The van der Waals surface area contributed by atoms with E-state index in [2.05, 4.69) is 10.1 Å². The van der Waals surface area contributed by atoms with E-state index in [9.17, 15) is 22.8 Å². The lowest BCUT2D eigenvalue weighted by atomic mass is 10.2. The lowest BCUT2D eigenvalue weighted by Gasteiger charge is -2.17. The summed E-state index contributed by atoms with van der Waals surface area (Å²) in [5.41, 5.74) is 2.40. The van der Waals surface area contributed by atoms with Gasteiger partial charge in [-0.15, -0.1) is 24.9 Å². The van der Waals surface area contributed by atoms with E-state index in [1.54, 1.807) is 13.1 Å². The van der Waals surface area contributed by atoms with Crippen molar-refractivity contribution in [2.45, 2.75) is 19.8 Å². The van der Waals surface area contributed by atoms with Gasteiger partial charge in [0, 0.05) is 19.3 Å². The highest BCUT2D eigenvalue weighted by Crippen LogP contribution is 2.23. The van der Waals surface area contributed by atoms with Gasteiger partial charge in [-0.3, -0.25) is 9.59 Å². The van der Waals surface area contributed by atoms with E-state index >= 15 is 0 Å². The van der Waals surface area contributed by atoms with Crippen molar-refractivity contribution in [2.75, 3.05) is 23.9 Å². The average molecular weight is 426 g/mol. The number of hydrogen-bond donors (Lipinski definition) is 1. The maximum absolute atomic E-state index is 12.2. The van der Waals surface area contributed by atoms with Gasteiger partial charge in [-0.1, -0.05) is 24.3 Å². The molecule has 156 valence electrons. The third-order valence-corrected chi connectivity index (χ3v) is 4.68. The number of anilines is 1. The number of hydrogen-bond acceptors (Lipinski definition) is 4. The number of carbonyl (C=O) groups excluding carboxylic acids is 2. The fraction of sp³-hybridized carbons (Fsp3) is 0.300. The van der Waals surface area contributed by atoms with Crippen LogP contribution >= 0.6 is 11.8 Å². The Labute approximate surface area is 171 Å². The van der Waals surface area contributed by atoms with Gasteiger partial charge in [-0.25, -0.2) is 0 Å². The van der Waals surface area contributed by atoms with Crippen LogP contribution in [0.15, 0.2) is 48.5 Å². The molecule has 0 heterocycles. The third-order valence-electron chi connectivity index (χ3n) is 3.76. The second-order valence-corrected chi connectivity index (χ2v) is 7.34. The number of aryl methyl sites for hydroxylation is 1. The normalized spacial score (nSPS) is 11.1. The predicted octanol–water partition coefficient (Wildman–Crippen LogP) is 4.22. The number of benzene rings is 2. The summed E-state index contributed by atoms with van der Waals surface area (Å²) in [7, 11) is 1.59. The first-order valence-electron chi connectivity index (χ1n) is 8.65. The standard InChI is InChI=1S/C20H21F3N2O3S/c1-14-4-3-5-16(10-14)24-18(26)12-29-13-19(27)25(2)11-15-6-8-17(9-7-15)28-20(21,22)23/h3-10H,11-13H2,1-2H3,(H,24,26). The zero-order valence-electron chi connectivity index (χ0n) is 16.0. The first kappa shape index (κ1) is 22.6. The molecule has 0 saturated heterocycles. The number of rotatable bonds is 8. The Morgan fingerprint density at radius 3 is 2.41 bits per heavy atom. The highest BCUT2D eigenvalue weighted by molar-refractivity contribution is 8.00. The molecule has 29 heavy (non-hydrogen) atoms. The third kappa shape index (κ3) is 8.47. The van der Waals surface area contributed by atoms with E-state index in [0.717, 1.165) is 5.56 Å². The molecule has 2 amide bonds. The zero-order chi connectivity index (χ0) is 21.4. The molecular formula is C20H21F3N2O3S. The number of halogens is 3. The Morgan fingerprint density at radius 1 is 1.10 bits per heavy atom. The molecule has 2 rings (SSSR count). The van der Waals surface area contributed by atoms with Crippen LogP contribution in [0.25, 0.3) is 0 Å².